The average molecular weight is 695 g/mol. The number of aryl methyl sites for hydroxylation is 2. The molecule has 5 rings (SSSR count). The van der Waals surface area contributed by atoms with E-state index in [1.807, 2.05) is 6.92 Å². The van der Waals surface area contributed by atoms with Gasteiger partial charge in [0.05, 0.1) is 12.3 Å². The van der Waals surface area contributed by atoms with Gasteiger partial charge in [-0.25, -0.2) is 9.78 Å². The number of hydrogen-bond donors (Lipinski definition) is 3. The molecule has 48 heavy (non-hydrogen) atoms. The largest absolute Gasteiger partial charge is 0.490 e. The van der Waals surface area contributed by atoms with Crippen molar-refractivity contribution in [3.05, 3.63) is 39.9 Å². The van der Waals surface area contributed by atoms with Crippen LogP contribution in [0.5, 0.6) is 5.75 Å². The lowest BCUT2D eigenvalue weighted by Gasteiger charge is -2.50. The molecule has 1 amide bonds. The minimum atomic E-state index is -5.08. The fourth-order valence-electron chi connectivity index (χ4n) is 7.94. The number of alkyl halides is 3. The van der Waals surface area contributed by atoms with Crippen LogP contribution in [-0.2, 0) is 31.1 Å². The van der Waals surface area contributed by atoms with Gasteiger partial charge in [0.2, 0.25) is 5.91 Å². The number of carbonyl (C=O) groups excluding carboxylic acids is 2. The Balaban J connectivity index is 0.000000671. The van der Waals surface area contributed by atoms with Crippen LogP contribution in [0.2, 0.25) is 0 Å². The number of amides is 1. The van der Waals surface area contributed by atoms with Crippen molar-refractivity contribution in [3.63, 3.8) is 0 Å². The molecule has 264 valence electrons. The van der Waals surface area contributed by atoms with Crippen molar-refractivity contribution in [2.24, 2.45) is 34.1 Å². The number of thiazole rings is 1. The Morgan fingerprint density at radius 2 is 1.90 bits per heavy atom. The van der Waals surface area contributed by atoms with Gasteiger partial charge in [0, 0.05) is 28.5 Å². The lowest BCUT2D eigenvalue weighted by molar-refractivity contribution is -0.192. The molecule has 2 aromatic rings. The van der Waals surface area contributed by atoms with Gasteiger partial charge in [-0.3, -0.25) is 9.59 Å². The van der Waals surface area contributed by atoms with E-state index >= 15 is 0 Å². The predicted molar refractivity (Wildman–Crippen MR) is 176 cm³/mol. The number of esters is 1. The van der Waals surface area contributed by atoms with E-state index in [0.717, 1.165) is 54.7 Å². The summed E-state index contributed by atoms with van der Waals surface area (Å²) in [5, 5.41) is 15.3. The van der Waals surface area contributed by atoms with Crippen LogP contribution in [-0.4, -0.2) is 53.5 Å². The van der Waals surface area contributed by atoms with E-state index in [2.05, 4.69) is 55.3 Å². The van der Waals surface area contributed by atoms with Gasteiger partial charge in [-0.05, 0) is 91.7 Å². The molecule has 10 nitrogen and oxygen atoms in total. The quantitative estimate of drug-likeness (QED) is 0.164. The number of ether oxygens (including phenoxy) is 1. The summed E-state index contributed by atoms with van der Waals surface area (Å²) < 4.78 is 37.5. The molecule has 3 unspecified atom stereocenters. The van der Waals surface area contributed by atoms with Gasteiger partial charge in [-0.2, -0.15) is 13.2 Å². The highest BCUT2D eigenvalue weighted by Crippen LogP contribution is 2.63. The minimum Gasteiger partial charge on any atom is -0.475 e. The van der Waals surface area contributed by atoms with Crippen LogP contribution in [0.1, 0.15) is 93.7 Å². The maximum atomic E-state index is 12.9. The zero-order chi connectivity index (χ0) is 35.6. The SMILES string of the molecule is CO/N=C1\C[C@@H](CCC(=O)Nc2ncc(C)s2)C2C3CCc4cc(OC(=O)CN)c(C(C)(C)C)cc4C3CC[C@]12C.O=C(O)C(F)(F)F. The number of oxime groups is 1. The molecule has 1 aromatic heterocycles. The van der Waals surface area contributed by atoms with Crippen molar-refractivity contribution in [1.82, 2.24) is 4.98 Å². The maximum absolute atomic E-state index is 12.9. The molecular weight excluding hydrogens is 649 g/mol. The van der Waals surface area contributed by atoms with Crippen molar-refractivity contribution in [2.45, 2.75) is 97.1 Å². The molecule has 0 bridgehead atoms. The van der Waals surface area contributed by atoms with E-state index in [4.69, 9.17) is 25.2 Å². The molecular formula is C34H45F3N4O6S. The second-order valence-electron chi connectivity index (χ2n) is 14.1. The molecule has 3 aliphatic rings. The predicted octanol–water partition coefficient (Wildman–Crippen LogP) is 6.75. The van der Waals surface area contributed by atoms with E-state index in [0.29, 0.717) is 41.0 Å². The number of rotatable bonds is 7. The van der Waals surface area contributed by atoms with Crippen LogP contribution in [0.3, 0.4) is 0 Å². The standard InChI is InChI=1S/C32H44N4O4S.C2HF3O2/c1-18-17-34-30(41-18)35-27(37)10-8-20-14-26(36-39-6)32(5)12-11-21-22(29(20)32)9-7-19-13-25(40-28(38)16-33)24(15-23(19)21)31(2,3)4;3-2(4,5)1(6)7/h13,15,17,20-22,29H,7-12,14,16,33H2,1-6H3,(H,34,35,37);(H,6,7)/b36-26+;/t20-,21?,22?,29?,32-;/m1./s1. The molecule has 5 atom stereocenters. The number of hydrogen-bond acceptors (Lipinski definition) is 9. The van der Waals surface area contributed by atoms with E-state index in [1.54, 1.807) is 13.3 Å². The summed E-state index contributed by atoms with van der Waals surface area (Å²) in [5.41, 5.74) is 10.2. The topological polar surface area (TPSA) is 153 Å². The van der Waals surface area contributed by atoms with Crippen molar-refractivity contribution in [2.75, 3.05) is 19.0 Å². The average Bonchev–Trinajstić information content (AvgIpc) is 3.54. The number of fused-ring (bicyclic) bond motifs is 5. The van der Waals surface area contributed by atoms with Gasteiger partial charge < -0.3 is 25.7 Å². The third-order valence-electron chi connectivity index (χ3n) is 9.95. The van der Waals surface area contributed by atoms with E-state index < -0.39 is 18.1 Å². The fraction of sp³-hybridized carbons (Fsp3) is 0.618. The van der Waals surface area contributed by atoms with Crippen molar-refractivity contribution >= 4 is 40.0 Å². The van der Waals surface area contributed by atoms with Gasteiger partial charge in [-0.15, -0.1) is 11.3 Å². The number of nitrogens with one attached hydrogen (secondary N) is 1. The van der Waals surface area contributed by atoms with Crippen LogP contribution < -0.4 is 15.8 Å². The minimum absolute atomic E-state index is 0.0221. The number of benzene rings is 1. The first-order chi connectivity index (χ1) is 22.4. The van der Waals surface area contributed by atoms with Gasteiger partial charge in [0.15, 0.2) is 5.13 Å². The summed E-state index contributed by atoms with van der Waals surface area (Å²) in [4.78, 5) is 44.7. The highest BCUT2D eigenvalue weighted by molar-refractivity contribution is 7.15. The number of halogens is 3. The molecule has 0 spiro atoms. The molecule has 0 aliphatic heterocycles. The van der Waals surface area contributed by atoms with Crippen LogP contribution >= 0.6 is 11.3 Å². The lowest BCUT2D eigenvalue weighted by atomic mass is 9.53. The van der Waals surface area contributed by atoms with Crippen LogP contribution in [0, 0.1) is 30.1 Å². The smallest absolute Gasteiger partial charge is 0.475 e. The molecule has 4 N–H and O–H groups in total. The summed E-state index contributed by atoms with van der Waals surface area (Å²) >= 11 is 1.50. The number of nitrogens with two attached hydrogens (primary N) is 1. The molecule has 0 saturated heterocycles. The third kappa shape index (κ3) is 8.19. The van der Waals surface area contributed by atoms with Crippen molar-refractivity contribution < 1.29 is 42.2 Å². The van der Waals surface area contributed by atoms with E-state index in [-0.39, 0.29) is 23.3 Å². The van der Waals surface area contributed by atoms with Crippen LogP contribution in [0.4, 0.5) is 18.3 Å². The van der Waals surface area contributed by atoms with Crippen LogP contribution in [0.25, 0.3) is 0 Å². The zero-order valence-corrected chi connectivity index (χ0v) is 29.0. The highest BCUT2D eigenvalue weighted by atomic mass is 32.1. The summed E-state index contributed by atoms with van der Waals surface area (Å²) in [5.74, 6) is -0.809. The first-order valence-corrected chi connectivity index (χ1v) is 16.9. The first kappa shape index (κ1) is 37.3. The van der Waals surface area contributed by atoms with E-state index in [9.17, 15) is 22.8 Å². The highest BCUT2D eigenvalue weighted by Gasteiger charge is 2.57. The second-order valence-corrected chi connectivity index (χ2v) is 15.4. The van der Waals surface area contributed by atoms with Crippen molar-refractivity contribution in [3.8, 4) is 5.75 Å². The monoisotopic (exact) mass is 694 g/mol. The van der Waals surface area contributed by atoms with Gasteiger partial charge in [0.1, 0.15) is 12.9 Å². The van der Waals surface area contributed by atoms with Gasteiger partial charge in [0.25, 0.3) is 0 Å². The number of aromatic nitrogens is 1. The number of nitrogens with zero attached hydrogens (tertiary/aromatic N) is 2. The van der Waals surface area contributed by atoms with Crippen molar-refractivity contribution in [1.29, 1.82) is 0 Å². The normalized spacial score (nSPS) is 25.6. The molecule has 14 heteroatoms. The number of carbonyl (C=O) groups is 3. The number of anilines is 1. The molecule has 0 radical (unpaired) electrons. The molecule has 3 aliphatic carbocycles. The summed E-state index contributed by atoms with van der Waals surface area (Å²) in [7, 11) is 1.63. The van der Waals surface area contributed by atoms with Gasteiger partial charge >= 0.3 is 18.1 Å². The molecule has 1 aromatic carbocycles. The maximum Gasteiger partial charge on any atom is 0.490 e. The Bertz CT molecular complexity index is 1550. The summed E-state index contributed by atoms with van der Waals surface area (Å²) in [6, 6.07) is 4.41. The fourth-order valence-corrected chi connectivity index (χ4v) is 8.62. The Morgan fingerprint density at radius 1 is 1.21 bits per heavy atom. The summed E-state index contributed by atoms with van der Waals surface area (Å²) in [6.07, 6.45) is 2.98. The number of carboxylic acids is 1. The molecule has 1 heterocycles. The first-order valence-electron chi connectivity index (χ1n) is 16.1. The Morgan fingerprint density at radius 3 is 2.46 bits per heavy atom. The second kappa shape index (κ2) is 14.5. The Labute approximate surface area is 282 Å². The molecule has 2 saturated carbocycles. The number of carboxylic acid groups (broad SMARTS) is 1. The summed E-state index contributed by atoms with van der Waals surface area (Å²) in [6.45, 7) is 10.7. The Hall–Kier alpha value is -3.52. The zero-order valence-electron chi connectivity index (χ0n) is 28.2. The molecule has 2 fully saturated rings. The third-order valence-corrected chi connectivity index (χ3v) is 10.8. The van der Waals surface area contributed by atoms with E-state index in [1.165, 1.54) is 22.5 Å². The Kier molecular flexibility index (Phi) is 11.3. The lowest BCUT2D eigenvalue weighted by Crippen LogP contribution is -2.44. The number of aliphatic carboxylic acids is 1. The van der Waals surface area contributed by atoms with Crippen LogP contribution in [0.15, 0.2) is 23.5 Å². The van der Waals surface area contributed by atoms with Gasteiger partial charge in [-0.1, -0.05) is 38.9 Å².